The molecule has 0 radical (unpaired) electrons. The van der Waals surface area contributed by atoms with Crippen molar-refractivity contribution in [3.05, 3.63) is 40.9 Å². The Labute approximate surface area is 127 Å². The summed E-state index contributed by atoms with van der Waals surface area (Å²) in [5, 5.41) is 5.59. The maximum Gasteiger partial charge on any atom is 0.261 e. The molecule has 0 bridgehead atoms. The van der Waals surface area contributed by atoms with Crippen LogP contribution in [0.15, 0.2) is 35.4 Å². The number of carbonyl (C=O) groups excluding carboxylic acids is 2. The van der Waals surface area contributed by atoms with Crippen LogP contribution in [0.1, 0.15) is 13.3 Å². The lowest BCUT2D eigenvalue weighted by atomic mass is 10.2. The minimum atomic E-state index is -0.411. The van der Waals surface area contributed by atoms with E-state index in [2.05, 4.69) is 15.6 Å². The molecule has 0 aliphatic rings. The van der Waals surface area contributed by atoms with Crippen molar-refractivity contribution in [2.75, 3.05) is 13.1 Å². The highest BCUT2D eigenvalue weighted by Gasteiger charge is 2.09. The molecule has 1 heterocycles. The number of fused-ring (bicyclic) bond motifs is 1. The molecule has 0 spiro atoms. The molecule has 0 aliphatic carbocycles. The highest BCUT2D eigenvalue weighted by Crippen LogP contribution is 2.04. The fourth-order valence-corrected chi connectivity index (χ4v) is 1.94. The van der Waals surface area contributed by atoms with E-state index in [9.17, 15) is 14.4 Å². The predicted molar refractivity (Wildman–Crippen MR) is 82.3 cm³/mol. The minimum absolute atomic E-state index is 0.103. The number of hydrogen-bond acceptors (Lipinski definition) is 4. The number of carbonyl (C=O) groups is 2. The maximum absolute atomic E-state index is 12.2. The SMILES string of the molecule is CCCNC(=O)CNC(=O)Cn1cnc2ccccc2c1=O. The van der Waals surface area contributed by atoms with Crippen molar-refractivity contribution in [1.82, 2.24) is 20.2 Å². The van der Waals surface area contributed by atoms with Gasteiger partial charge >= 0.3 is 0 Å². The molecule has 0 unspecified atom stereocenters. The van der Waals surface area contributed by atoms with E-state index in [0.29, 0.717) is 17.4 Å². The first-order chi connectivity index (χ1) is 10.6. The van der Waals surface area contributed by atoms with Crippen LogP contribution in [-0.4, -0.2) is 34.5 Å². The highest BCUT2D eigenvalue weighted by atomic mass is 16.2. The van der Waals surface area contributed by atoms with E-state index in [4.69, 9.17) is 0 Å². The van der Waals surface area contributed by atoms with Gasteiger partial charge in [-0.3, -0.25) is 19.0 Å². The van der Waals surface area contributed by atoms with E-state index in [0.717, 1.165) is 6.42 Å². The molecule has 0 atom stereocenters. The summed E-state index contributed by atoms with van der Waals surface area (Å²) in [6, 6.07) is 6.94. The number of nitrogens with zero attached hydrogens (tertiary/aromatic N) is 2. The maximum atomic E-state index is 12.2. The Bertz CT molecular complexity index is 739. The van der Waals surface area contributed by atoms with E-state index in [1.165, 1.54) is 10.9 Å². The van der Waals surface area contributed by atoms with Gasteiger partial charge in [0, 0.05) is 6.54 Å². The third-order valence-electron chi connectivity index (χ3n) is 3.06. The number of rotatable bonds is 6. The first-order valence-electron chi connectivity index (χ1n) is 7.09. The minimum Gasteiger partial charge on any atom is -0.355 e. The van der Waals surface area contributed by atoms with Crippen molar-refractivity contribution in [3.63, 3.8) is 0 Å². The number of hydrogen-bond donors (Lipinski definition) is 2. The molecule has 7 heteroatoms. The Morgan fingerprint density at radius 2 is 1.95 bits per heavy atom. The molecule has 0 aliphatic heterocycles. The van der Waals surface area contributed by atoms with E-state index < -0.39 is 5.91 Å². The summed E-state index contributed by atoms with van der Waals surface area (Å²) in [4.78, 5) is 39.5. The van der Waals surface area contributed by atoms with Gasteiger partial charge in [-0.15, -0.1) is 0 Å². The number of nitrogens with one attached hydrogen (secondary N) is 2. The second-order valence-electron chi connectivity index (χ2n) is 4.82. The lowest BCUT2D eigenvalue weighted by molar-refractivity contribution is -0.126. The Kier molecular flexibility index (Phi) is 5.24. The molecule has 0 saturated carbocycles. The number of para-hydroxylation sites is 1. The molecule has 22 heavy (non-hydrogen) atoms. The smallest absolute Gasteiger partial charge is 0.261 e. The van der Waals surface area contributed by atoms with Crippen molar-refractivity contribution in [1.29, 1.82) is 0 Å². The van der Waals surface area contributed by atoms with Crippen LogP contribution < -0.4 is 16.2 Å². The molecular formula is C15H18N4O3. The Morgan fingerprint density at radius 3 is 2.73 bits per heavy atom. The third kappa shape index (κ3) is 3.91. The molecule has 2 rings (SSSR count). The van der Waals surface area contributed by atoms with E-state index in [1.54, 1.807) is 24.3 Å². The average Bonchev–Trinajstić information content (AvgIpc) is 2.54. The molecule has 2 aromatic rings. The molecule has 2 amide bonds. The van der Waals surface area contributed by atoms with Crippen LogP contribution in [0, 0.1) is 0 Å². The third-order valence-corrected chi connectivity index (χ3v) is 3.06. The first kappa shape index (κ1) is 15.7. The van der Waals surface area contributed by atoms with Crippen LogP contribution in [0.4, 0.5) is 0 Å². The van der Waals surface area contributed by atoms with Crippen LogP contribution >= 0.6 is 0 Å². The van der Waals surface area contributed by atoms with Crippen molar-refractivity contribution in [2.45, 2.75) is 19.9 Å². The van der Waals surface area contributed by atoms with Gasteiger partial charge in [0.25, 0.3) is 5.56 Å². The summed E-state index contributed by atoms with van der Waals surface area (Å²) in [7, 11) is 0. The zero-order valence-electron chi connectivity index (χ0n) is 12.3. The van der Waals surface area contributed by atoms with E-state index in [-0.39, 0.29) is 24.6 Å². The second kappa shape index (κ2) is 7.35. The molecular weight excluding hydrogens is 284 g/mol. The van der Waals surface area contributed by atoms with E-state index in [1.807, 2.05) is 6.92 Å². The zero-order chi connectivity index (χ0) is 15.9. The van der Waals surface area contributed by atoms with Crippen LogP contribution in [0.25, 0.3) is 10.9 Å². The molecule has 116 valence electrons. The quantitative estimate of drug-likeness (QED) is 0.788. The van der Waals surface area contributed by atoms with Crippen molar-refractivity contribution in [3.8, 4) is 0 Å². The lowest BCUT2D eigenvalue weighted by Gasteiger charge is -2.08. The van der Waals surface area contributed by atoms with Gasteiger partial charge in [-0.1, -0.05) is 19.1 Å². The molecule has 0 saturated heterocycles. The molecule has 2 N–H and O–H groups in total. The largest absolute Gasteiger partial charge is 0.355 e. The zero-order valence-corrected chi connectivity index (χ0v) is 12.3. The standard InChI is InChI=1S/C15H18N4O3/c1-2-7-16-13(20)8-17-14(21)9-19-10-18-12-6-4-3-5-11(12)15(19)22/h3-6,10H,2,7-9H2,1H3,(H,16,20)(H,17,21). The fourth-order valence-electron chi connectivity index (χ4n) is 1.94. The molecule has 0 fully saturated rings. The van der Waals surface area contributed by atoms with Crippen LogP contribution in [-0.2, 0) is 16.1 Å². The van der Waals surface area contributed by atoms with Crippen LogP contribution in [0.3, 0.4) is 0 Å². The van der Waals surface area contributed by atoms with Crippen molar-refractivity contribution < 1.29 is 9.59 Å². The highest BCUT2D eigenvalue weighted by molar-refractivity contribution is 5.84. The van der Waals surface area contributed by atoms with Crippen LogP contribution in [0.2, 0.25) is 0 Å². The van der Waals surface area contributed by atoms with Gasteiger partial charge in [-0.25, -0.2) is 4.98 Å². The summed E-state index contributed by atoms with van der Waals surface area (Å²) in [5.74, 6) is -0.662. The molecule has 1 aromatic carbocycles. The summed E-state index contributed by atoms with van der Waals surface area (Å²) in [5.41, 5.74) is 0.305. The van der Waals surface area contributed by atoms with Gasteiger partial charge < -0.3 is 10.6 Å². The van der Waals surface area contributed by atoms with Gasteiger partial charge in [0.05, 0.1) is 23.8 Å². The predicted octanol–water partition coefficient (Wildman–Crippen LogP) is 0.0389. The summed E-state index contributed by atoms with van der Waals surface area (Å²) in [6.45, 7) is 2.24. The fraction of sp³-hybridized carbons (Fsp3) is 0.333. The van der Waals surface area contributed by atoms with Gasteiger partial charge in [0.15, 0.2) is 0 Å². The summed E-state index contributed by atoms with van der Waals surface area (Å²) >= 11 is 0. The van der Waals surface area contributed by atoms with Gasteiger partial charge in [-0.05, 0) is 18.6 Å². The number of aromatic nitrogens is 2. The van der Waals surface area contributed by atoms with Gasteiger partial charge in [0.2, 0.25) is 11.8 Å². The van der Waals surface area contributed by atoms with Crippen LogP contribution in [0.5, 0.6) is 0 Å². The number of benzene rings is 1. The van der Waals surface area contributed by atoms with Crippen molar-refractivity contribution >= 4 is 22.7 Å². The lowest BCUT2D eigenvalue weighted by Crippen LogP contribution is -2.39. The van der Waals surface area contributed by atoms with Gasteiger partial charge in [0.1, 0.15) is 6.54 Å². The Hall–Kier alpha value is -2.70. The monoisotopic (exact) mass is 302 g/mol. The molecule has 1 aromatic heterocycles. The normalized spacial score (nSPS) is 10.4. The Morgan fingerprint density at radius 1 is 1.18 bits per heavy atom. The molecule has 7 nitrogen and oxygen atoms in total. The van der Waals surface area contributed by atoms with Gasteiger partial charge in [-0.2, -0.15) is 0 Å². The summed E-state index contributed by atoms with van der Waals surface area (Å²) in [6.07, 6.45) is 2.17. The first-order valence-corrected chi connectivity index (χ1v) is 7.09. The second-order valence-corrected chi connectivity index (χ2v) is 4.82. The van der Waals surface area contributed by atoms with E-state index >= 15 is 0 Å². The Balaban J connectivity index is 1.99. The number of amides is 2. The van der Waals surface area contributed by atoms with Crippen molar-refractivity contribution in [2.24, 2.45) is 0 Å². The average molecular weight is 302 g/mol. The summed E-state index contributed by atoms with van der Waals surface area (Å²) < 4.78 is 1.22. The topological polar surface area (TPSA) is 93.1 Å².